The largest absolute Gasteiger partial charge is 0.354 e. The Labute approximate surface area is 190 Å². The highest BCUT2D eigenvalue weighted by atomic mass is 16.2. The van der Waals surface area contributed by atoms with E-state index in [4.69, 9.17) is 0 Å². The van der Waals surface area contributed by atoms with Crippen LogP contribution in [-0.2, 0) is 16.1 Å². The second-order valence-electron chi connectivity index (χ2n) is 9.97. The van der Waals surface area contributed by atoms with Gasteiger partial charge in [0.1, 0.15) is 0 Å². The molecule has 32 heavy (non-hydrogen) atoms. The fourth-order valence-corrected chi connectivity index (χ4v) is 6.06. The molecule has 3 aliphatic rings. The number of aromatic nitrogens is 2. The lowest BCUT2D eigenvalue weighted by molar-refractivity contribution is -0.135. The van der Waals surface area contributed by atoms with E-state index in [0.717, 1.165) is 51.7 Å². The summed E-state index contributed by atoms with van der Waals surface area (Å²) in [5.74, 6) is 1.06. The Morgan fingerprint density at radius 3 is 2.56 bits per heavy atom. The topological polar surface area (TPSA) is 67.2 Å². The van der Waals surface area contributed by atoms with Crippen molar-refractivity contribution in [1.29, 1.82) is 0 Å². The van der Waals surface area contributed by atoms with Crippen LogP contribution >= 0.6 is 0 Å². The maximum absolute atomic E-state index is 13.6. The highest BCUT2D eigenvalue weighted by Crippen LogP contribution is 2.59. The van der Waals surface area contributed by atoms with Gasteiger partial charge in [0.25, 0.3) is 0 Å². The number of rotatable bonds is 7. The predicted molar refractivity (Wildman–Crippen MR) is 123 cm³/mol. The smallest absolute Gasteiger partial charge is 0.230 e. The molecule has 1 N–H and O–H groups in total. The number of nitrogens with one attached hydrogen (secondary N) is 1. The number of amides is 2. The van der Waals surface area contributed by atoms with Crippen molar-refractivity contribution in [2.45, 2.75) is 57.4 Å². The predicted octanol–water partition coefficient (Wildman–Crippen LogP) is 3.60. The lowest BCUT2D eigenvalue weighted by Crippen LogP contribution is -2.44. The lowest BCUT2D eigenvalue weighted by atomic mass is 9.82. The molecule has 1 aromatic heterocycles. The SMILES string of the molecule is O=C(NCCn1ccnc1)[C@@H]1CC12CCN(C(=O)[C@@H](c1ccccc1)C1CCCC1)CC2. The molecule has 6 nitrogen and oxygen atoms in total. The summed E-state index contributed by atoms with van der Waals surface area (Å²) >= 11 is 0. The van der Waals surface area contributed by atoms with Gasteiger partial charge in [0, 0.05) is 44.5 Å². The number of hydrogen-bond donors (Lipinski definition) is 1. The molecule has 0 unspecified atom stereocenters. The number of benzene rings is 1. The molecule has 0 bridgehead atoms. The molecule has 2 aromatic rings. The van der Waals surface area contributed by atoms with Gasteiger partial charge in [0.05, 0.1) is 12.2 Å². The van der Waals surface area contributed by atoms with Crippen molar-refractivity contribution in [1.82, 2.24) is 19.8 Å². The molecule has 3 fully saturated rings. The van der Waals surface area contributed by atoms with E-state index in [-0.39, 0.29) is 23.2 Å². The van der Waals surface area contributed by atoms with Crippen LogP contribution in [0.1, 0.15) is 56.4 Å². The molecular weight excluding hydrogens is 400 g/mol. The molecule has 1 aromatic carbocycles. The molecule has 2 amide bonds. The van der Waals surface area contributed by atoms with E-state index in [1.54, 1.807) is 12.5 Å². The Morgan fingerprint density at radius 1 is 1.12 bits per heavy atom. The van der Waals surface area contributed by atoms with Gasteiger partial charge in [-0.3, -0.25) is 9.59 Å². The van der Waals surface area contributed by atoms with Crippen LogP contribution in [0.25, 0.3) is 0 Å². The van der Waals surface area contributed by atoms with E-state index in [1.165, 1.54) is 18.4 Å². The van der Waals surface area contributed by atoms with Gasteiger partial charge in [-0.05, 0) is 49.0 Å². The minimum Gasteiger partial charge on any atom is -0.354 e. The van der Waals surface area contributed by atoms with Gasteiger partial charge < -0.3 is 14.8 Å². The lowest BCUT2D eigenvalue weighted by Gasteiger charge is -2.36. The molecule has 1 aliphatic heterocycles. The third-order valence-corrected chi connectivity index (χ3v) is 8.10. The molecule has 2 atom stereocenters. The minimum atomic E-state index is -0.00535. The van der Waals surface area contributed by atoms with Crippen LogP contribution in [0, 0.1) is 17.3 Å². The van der Waals surface area contributed by atoms with Crippen LogP contribution in [-0.4, -0.2) is 45.9 Å². The molecule has 2 heterocycles. The van der Waals surface area contributed by atoms with Gasteiger partial charge in [-0.25, -0.2) is 4.98 Å². The third kappa shape index (κ3) is 4.32. The number of carbonyl (C=O) groups excluding carboxylic acids is 2. The molecule has 1 saturated heterocycles. The summed E-state index contributed by atoms with van der Waals surface area (Å²) in [6, 6.07) is 10.4. The molecule has 1 spiro atoms. The Hall–Kier alpha value is -2.63. The van der Waals surface area contributed by atoms with Gasteiger partial charge in [-0.1, -0.05) is 43.2 Å². The van der Waals surface area contributed by atoms with Crippen LogP contribution in [0.4, 0.5) is 0 Å². The Balaban J connectivity index is 1.15. The second-order valence-corrected chi connectivity index (χ2v) is 9.97. The average Bonchev–Trinajstić information content (AvgIpc) is 3.21. The summed E-state index contributed by atoms with van der Waals surface area (Å²) in [4.78, 5) is 32.4. The van der Waals surface area contributed by atoms with Crippen molar-refractivity contribution < 1.29 is 9.59 Å². The average molecular weight is 435 g/mol. The Kier molecular flexibility index (Phi) is 6.03. The summed E-state index contributed by atoms with van der Waals surface area (Å²) < 4.78 is 1.97. The monoisotopic (exact) mass is 434 g/mol. The summed E-state index contributed by atoms with van der Waals surface area (Å²) in [6.07, 6.45) is 13.1. The van der Waals surface area contributed by atoms with Crippen molar-refractivity contribution in [3.8, 4) is 0 Å². The number of carbonyl (C=O) groups is 2. The molecule has 2 saturated carbocycles. The van der Waals surface area contributed by atoms with Crippen LogP contribution < -0.4 is 5.32 Å². The van der Waals surface area contributed by atoms with Gasteiger partial charge in [-0.15, -0.1) is 0 Å². The summed E-state index contributed by atoms with van der Waals surface area (Å²) in [7, 11) is 0. The van der Waals surface area contributed by atoms with Crippen LogP contribution in [0.15, 0.2) is 49.1 Å². The Morgan fingerprint density at radius 2 is 1.88 bits per heavy atom. The standard InChI is InChI=1S/C26H34N4O2/c31-24(28-13-17-29-16-12-27-19-29)22-18-26(22)10-14-30(15-11-26)25(32)23(21-8-4-5-9-21)20-6-2-1-3-7-20/h1-3,6-7,12,16,19,21-23H,4-5,8-11,13-15,17-18H2,(H,28,31)/t22-,23-/m0/s1. The fourth-order valence-electron chi connectivity index (χ4n) is 6.06. The highest BCUT2D eigenvalue weighted by Gasteiger charge is 2.58. The van der Waals surface area contributed by atoms with Crippen molar-refractivity contribution in [2.24, 2.45) is 17.3 Å². The number of imidazole rings is 1. The number of piperidine rings is 1. The van der Waals surface area contributed by atoms with Gasteiger partial charge in [-0.2, -0.15) is 0 Å². The second kappa shape index (κ2) is 9.08. The fraction of sp³-hybridized carbons (Fsp3) is 0.577. The third-order valence-electron chi connectivity index (χ3n) is 8.10. The Bertz CT molecular complexity index is 913. The zero-order chi connectivity index (χ0) is 22.0. The minimum absolute atomic E-state index is 0.00535. The quantitative estimate of drug-likeness (QED) is 0.724. The number of nitrogens with zero attached hydrogens (tertiary/aromatic N) is 3. The van der Waals surface area contributed by atoms with Crippen LogP contribution in [0.2, 0.25) is 0 Å². The zero-order valence-corrected chi connectivity index (χ0v) is 18.8. The number of hydrogen-bond acceptors (Lipinski definition) is 3. The van der Waals surface area contributed by atoms with Crippen molar-refractivity contribution >= 4 is 11.8 Å². The summed E-state index contributed by atoms with van der Waals surface area (Å²) in [5.41, 5.74) is 1.29. The maximum Gasteiger partial charge on any atom is 0.230 e. The normalized spacial score (nSPS) is 23.2. The molecule has 6 heteroatoms. The van der Waals surface area contributed by atoms with E-state index < -0.39 is 0 Å². The van der Waals surface area contributed by atoms with E-state index in [1.807, 2.05) is 16.8 Å². The van der Waals surface area contributed by atoms with E-state index in [2.05, 4.69) is 39.5 Å². The van der Waals surface area contributed by atoms with Crippen LogP contribution in [0.3, 0.4) is 0 Å². The summed E-state index contributed by atoms with van der Waals surface area (Å²) in [6.45, 7) is 2.95. The molecule has 170 valence electrons. The first kappa shape index (κ1) is 21.2. The van der Waals surface area contributed by atoms with Gasteiger partial charge in [0.15, 0.2) is 0 Å². The maximum atomic E-state index is 13.6. The highest BCUT2D eigenvalue weighted by molar-refractivity contribution is 5.85. The first-order valence-corrected chi connectivity index (χ1v) is 12.2. The molecule has 5 rings (SSSR count). The molecule has 2 aliphatic carbocycles. The molecular formula is C26H34N4O2. The van der Waals surface area contributed by atoms with Crippen molar-refractivity contribution in [3.05, 3.63) is 54.6 Å². The van der Waals surface area contributed by atoms with Crippen LogP contribution in [0.5, 0.6) is 0 Å². The summed E-state index contributed by atoms with van der Waals surface area (Å²) in [5, 5.41) is 3.10. The first-order valence-electron chi connectivity index (χ1n) is 12.2. The number of likely N-dealkylation sites (tertiary alicyclic amines) is 1. The first-order chi connectivity index (χ1) is 15.7. The van der Waals surface area contributed by atoms with Gasteiger partial charge >= 0.3 is 0 Å². The van der Waals surface area contributed by atoms with Crippen molar-refractivity contribution in [2.75, 3.05) is 19.6 Å². The van der Waals surface area contributed by atoms with Gasteiger partial charge in [0.2, 0.25) is 11.8 Å². The van der Waals surface area contributed by atoms with E-state index in [9.17, 15) is 9.59 Å². The molecule has 0 radical (unpaired) electrons. The van der Waals surface area contributed by atoms with E-state index in [0.29, 0.717) is 18.4 Å². The van der Waals surface area contributed by atoms with E-state index >= 15 is 0 Å². The zero-order valence-electron chi connectivity index (χ0n) is 18.8. The van der Waals surface area contributed by atoms with Crippen molar-refractivity contribution in [3.63, 3.8) is 0 Å².